The Balaban J connectivity index is 1.69. The molecule has 38 heavy (non-hydrogen) atoms. The van der Waals surface area contributed by atoms with Gasteiger partial charge in [-0.15, -0.1) is 0 Å². The fourth-order valence-corrected chi connectivity index (χ4v) is 4.88. The molecule has 2 atom stereocenters. The third kappa shape index (κ3) is 5.43. The molecule has 2 aliphatic rings. The number of methoxy groups -OCH3 is 1. The molecule has 1 N–H and O–H groups in total. The predicted molar refractivity (Wildman–Crippen MR) is 128 cm³/mol. The average molecular weight is 534 g/mol. The van der Waals surface area contributed by atoms with E-state index in [1.165, 1.54) is 23.0 Å². The number of rotatable bonds is 8. The van der Waals surface area contributed by atoms with Gasteiger partial charge in [0.05, 0.1) is 24.4 Å². The van der Waals surface area contributed by atoms with Crippen molar-refractivity contribution in [2.45, 2.75) is 50.5 Å². The highest BCUT2D eigenvalue weighted by Crippen LogP contribution is 2.37. The highest BCUT2D eigenvalue weighted by atomic mass is 19.4. The van der Waals surface area contributed by atoms with Crippen LogP contribution in [-0.2, 0) is 27.1 Å². The number of aliphatic carboxylic acids is 1. The van der Waals surface area contributed by atoms with Crippen LogP contribution in [0.25, 0.3) is 0 Å². The predicted octanol–water partition coefficient (Wildman–Crippen LogP) is 3.91. The van der Waals surface area contributed by atoms with Crippen LogP contribution in [-0.4, -0.2) is 64.5 Å². The minimum Gasteiger partial charge on any atom is -0.497 e. The molecular weight excluding hydrogens is 507 g/mol. The number of amides is 4. The van der Waals surface area contributed by atoms with Gasteiger partial charge >= 0.3 is 18.2 Å². The molecule has 0 radical (unpaired) electrons. The van der Waals surface area contributed by atoms with Crippen molar-refractivity contribution in [3.63, 3.8) is 0 Å². The van der Waals surface area contributed by atoms with Gasteiger partial charge in [0, 0.05) is 25.9 Å². The maximum atomic E-state index is 13.6. The van der Waals surface area contributed by atoms with Crippen molar-refractivity contribution in [3.8, 4) is 5.75 Å². The van der Waals surface area contributed by atoms with Crippen molar-refractivity contribution in [1.82, 2.24) is 9.80 Å². The van der Waals surface area contributed by atoms with Crippen molar-refractivity contribution < 1.29 is 42.2 Å². The Hall–Kier alpha value is -4.09. The molecule has 2 fully saturated rings. The Bertz CT molecular complexity index is 1230. The van der Waals surface area contributed by atoms with E-state index in [9.17, 15) is 32.3 Å². The molecular formula is C26H26F3N3O6. The van der Waals surface area contributed by atoms with Crippen LogP contribution in [0.3, 0.4) is 0 Å². The topological polar surface area (TPSA) is 107 Å². The van der Waals surface area contributed by atoms with Gasteiger partial charge in [-0.2, -0.15) is 13.2 Å². The van der Waals surface area contributed by atoms with Gasteiger partial charge in [-0.25, -0.2) is 9.69 Å². The van der Waals surface area contributed by atoms with Crippen LogP contribution in [0.15, 0.2) is 48.5 Å². The minimum atomic E-state index is -4.69. The van der Waals surface area contributed by atoms with E-state index < -0.39 is 47.6 Å². The van der Waals surface area contributed by atoms with Gasteiger partial charge in [-0.05, 0) is 48.7 Å². The molecule has 2 aliphatic heterocycles. The first-order chi connectivity index (χ1) is 18.0. The van der Waals surface area contributed by atoms with Gasteiger partial charge in [0.15, 0.2) is 0 Å². The summed E-state index contributed by atoms with van der Waals surface area (Å²) in [5, 5.41) is 8.88. The summed E-state index contributed by atoms with van der Waals surface area (Å²) >= 11 is 0. The fourth-order valence-electron chi connectivity index (χ4n) is 4.88. The van der Waals surface area contributed by atoms with Crippen LogP contribution in [0.2, 0.25) is 0 Å². The lowest BCUT2D eigenvalue weighted by Gasteiger charge is -2.43. The lowest BCUT2D eigenvalue weighted by Crippen LogP contribution is -2.66. The van der Waals surface area contributed by atoms with Gasteiger partial charge < -0.3 is 19.6 Å². The van der Waals surface area contributed by atoms with Gasteiger partial charge in [-0.3, -0.25) is 14.4 Å². The third-order valence-electron chi connectivity index (χ3n) is 6.72. The summed E-state index contributed by atoms with van der Waals surface area (Å²) in [4.78, 5) is 54.5. The second kappa shape index (κ2) is 10.7. The number of hydrogen-bond donors (Lipinski definition) is 1. The van der Waals surface area contributed by atoms with Crippen LogP contribution >= 0.6 is 0 Å². The van der Waals surface area contributed by atoms with Gasteiger partial charge in [-0.1, -0.05) is 18.2 Å². The van der Waals surface area contributed by atoms with Crippen LogP contribution in [0.1, 0.15) is 36.8 Å². The number of urea groups is 1. The van der Waals surface area contributed by atoms with E-state index in [0.29, 0.717) is 22.6 Å². The molecule has 0 saturated carbocycles. The summed E-state index contributed by atoms with van der Waals surface area (Å²) < 4.78 is 45.4. The van der Waals surface area contributed by atoms with Crippen molar-refractivity contribution in [2.24, 2.45) is 0 Å². The Kier molecular flexibility index (Phi) is 7.61. The number of carbonyl (C=O) groups excluding carboxylic acids is 3. The number of carbonyl (C=O) groups is 4. The Labute approximate surface area is 216 Å². The number of carboxylic acid groups (broad SMARTS) is 1. The average Bonchev–Trinajstić information content (AvgIpc) is 3.32. The molecule has 2 heterocycles. The van der Waals surface area contributed by atoms with E-state index in [1.54, 1.807) is 24.3 Å². The zero-order valence-corrected chi connectivity index (χ0v) is 20.5. The van der Waals surface area contributed by atoms with Crippen LogP contribution < -0.4 is 9.64 Å². The van der Waals surface area contributed by atoms with Gasteiger partial charge in [0.25, 0.3) is 5.91 Å². The van der Waals surface area contributed by atoms with Gasteiger partial charge in [0.2, 0.25) is 5.91 Å². The third-order valence-corrected chi connectivity index (χ3v) is 6.72. The summed E-state index contributed by atoms with van der Waals surface area (Å²) in [7, 11) is 1.51. The first-order valence-corrected chi connectivity index (χ1v) is 12.0. The number of imide groups is 1. The molecule has 0 aliphatic carbocycles. The van der Waals surface area contributed by atoms with E-state index in [1.807, 2.05) is 0 Å². The minimum absolute atomic E-state index is 0.0494. The number of carboxylic acids is 1. The van der Waals surface area contributed by atoms with E-state index in [0.717, 1.165) is 18.2 Å². The van der Waals surface area contributed by atoms with Gasteiger partial charge in [0.1, 0.15) is 11.8 Å². The number of benzene rings is 2. The Morgan fingerprint density at radius 1 is 1.08 bits per heavy atom. The second-order valence-electron chi connectivity index (χ2n) is 9.12. The monoisotopic (exact) mass is 533 g/mol. The van der Waals surface area contributed by atoms with E-state index in [-0.39, 0.29) is 38.0 Å². The number of nitrogens with zero attached hydrogens (tertiary/aromatic N) is 3. The number of hydrogen-bond acceptors (Lipinski definition) is 5. The summed E-state index contributed by atoms with van der Waals surface area (Å²) in [5.74, 6) is -1.71. The highest BCUT2D eigenvalue weighted by molar-refractivity contribution is 6.19. The SMILES string of the molecule is COc1ccc(CN2C(=O)N(c3cccc(C(F)(F)F)c3)C(=O)[C@@H]3[C@H]2CCN3C(=O)CCCC(=O)O)cc1. The zero-order valence-electron chi connectivity index (χ0n) is 20.5. The number of alkyl halides is 3. The molecule has 0 aromatic heterocycles. The first-order valence-electron chi connectivity index (χ1n) is 12.0. The van der Waals surface area contributed by atoms with E-state index in [2.05, 4.69) is 0 Å². The second-order valence-corrected chi connectivity index (χ2v) is 9.12. The van der Waals surface area contributed by atoms with E-state index >= 15 is 0 Å². The van der Waals surface area contributed by atoms with Crippen molar-refractivity contribution in [3.05, 3.63) is 59.7 Å². The largest absolute Gasteiger partial charge is 0.497 e. The number of likely N-dealkylation sites (tertiary alicyclic amines) is 1. The molecule has 0 spiro atoms. The first kappa shape index (κ1) is 27.0. The molecule has 2 aromatic rings. The molecule has 2 aromatic carbocycles. The normalized spacial score (nSPS) is 19.5. The Morgan fingerprint density at radius 2 is 1.79 bits per heavy atom. The quantitative estimate of drug-likeness (QED) is 0.552. The maximum absolute atomic E-state index is 13.6. The molecule has 9 nitrogen and oxygen atoms in total. The summed E-state index contributed by atoms with van der Waals surface area (Å²) in [5.41, 5.74) is -0.576. The Morgan fingerprint density at radius 3 is 2.42 bits per heavy atom. The van der Waals surface area contributed by atoms with E-state index in [4.69, 9.17) is 9.84 Å². The van der Waals surface area contributed by atoms with Crippen LogP contribution in [0.4, 0.5) is 23.7 Å². The number of ether oxygens (including phenoxy) is 1. The molecule has 202 valence electrons. The number of anilines is 1. The molecule has 4 rings (SSSR count). The maximum Gasteiger partial charge on any atom is 0.416 e. The molecule has 4 amide bonds. The molecule has 0 unspecified atom stereocenters. The van der Waals surface area contributed by atoms with Crippen molar-refractivity contribution in [1.29, 1.82) is 0 Å². The molecule has 0 bridgehead atoms. The number of halogens is 3. The van der Waals surface area contributed by atoms with Crippen LogP contribution in [0.5, 0.6) is 5.75 Å². The summed E-state index contributed by atoms with van der Waals surface area (Å²) in [6.07, 6.45) is -4.66. The standard InChI is InChI=1S/C26H26F3N3O6/c1-38-19-10-8-16(9-11-19)15-31-20-12-13-30(21(33)6-3-7-22(34)35)23(20)24(36)32(25(31)37)18-5-2-4-17(14-18)26(27,28)29/h2,4-5,8-11,14,20,23H,3,6-7,12-13,15H2,1H3,(H,34,35)/t20-,23+/m1/s1. The van der Waals surface area contributed by atoms with Crippen LogP contribution in [0, 0.1) is 0 Å². The lowest BCUT2D eigenvalue weighted by molar-refractivity contribution is -0.140. The molecule has 12 heteroatoms. The van der Waals surface area contributed by atoms with Crippen molar-refractivity contribution >= 4 is 29.5 Å². The fraction of sp³-hybridized carbons (Fsp3) is 0.385. The summed E-state index contributed by atoms with van der Waals surface area (Å²) in [6.45, 7) is 0.198. The summed E-state index contributed by atoms with van der Waals surface area (Å²) in [6, 6.07) is 8.20. The highest BCUT2D eigenvalue weighted by Gasteiger charge is 2.53. The smallest absolute Gasteiger partial charge is 0.416 e. The number of fused-ring (bicyclic) bond motifs is 1. The van der Waals surface area contributed by atoms with Crippen molar-refractivity contribution in [2.75, 3.05) is 18.6 Å². The molecule has 2 saturated heterocycles. The lowest BCUT2D eigenvalue weighted by atomic mass is 10.0. The zero-order chi connectivity index (χ0) is 27.6.